The molecule has 1 spiro atoms. The smallest absolute Gasteiger partial charge is 0.193 e. The predicted molar refractivity (Wildman–Crippen MR) is 131 cm³/mol. The summed E-state index contributed by atoms with van der Waals surface area (Å²) in [5, 5.41) is 3.54. The van der Waals surface area contributed by atoms with Crippen molar-refractivity contribution in [3.63, 3.8) is 0 Å². The first-order valence-electron chi connectivity index (χ1n) is 10.5. The quantitative estimate of drug-likeness (QED) is 0.352. The molecule has 162 valence electrons. The number of halogens is 1. The molecule has 5 nitrogen and oxygen atoms in total. The number of guanidine groups is 1. The van der Waals surface area contributed by atoms with Crippen LogP contribution in [0.1, 0.15) is 29.5 Å². The Morgan fingerprint density at radius 2 is 1.83 bits per heavy atom. The molecule has 0 saturated carbocycles. The van der Waals surface area contributed by atoms with Crippen molar-refractivity contribution in [1.29, 1.82) is 0 Å². The van der Waals surface area contributed by atoms with Gasteiger partial charge in [-0.15, -0.1) is 24.0 Å². The molecule has 1 atom stereocenters. The van der Waals surface area contributed by atoms with Crippen LogP contribution in [0.2, 0.25) is 0 Å². The average molecular weight is 521 g/mol. The number of benzene rings is 2. The predicted octanol–water partition coefficient (Wildman–Crippen LogP) is 4.21. The summed E-state index contributed by atoms with van der Waals surface area (Å²) in [7, 11) is 1.87. The van der Waals surface area contributed by atoms with Crippen LogP contribution in [0.4, 0.5) is 0 Å². The van der Waals surface area contributed by atoms with Gasteiger partial charge in [0.2, 0.25) is 0 Å². The lowest BCUT2D eigenvalue weighted by atomic mass is 9.87. The highest BCUT2D eigenvalue weighted by Crippen LogP contribution is 2.38. The molecule has 0 amide bonds. The number of rotatable bonds is 6. The van der Waals surface area contributed by atoms with E-state index in [4.69, 9.17) is 9.47 Å². The molecule has 2 fully saturated rings. The summed E-state index contributed by atoms with van der Waals surface area (Å²) < 4.78 is 11.5. The molecule has 2 heterocycles. The highest BCUT2D eigenvalue weighted by Gasteiger charge is 2.42. The van der Waals surface area contributed by atoms with Crippen molar-refractivity contribution in [3.8, 4) is 0 Å². The Bertz CT molecular complexity index is 822. The Labute approximate surface area is 196 Å². The molecule has 1 N–H and O–H groups in total. The molecular weight excluding hydrogens is 489 g/mol. The highest BCUT2D eigenvalue weighted by molar-refractivity contribution is 14.0. The lowest BCUT2D eigenvalue weighted by molar-refractivity contribution is 0.107. The van der Waals surface area contributed by atoms with E-state index in [9.17, 15) is 0 Å². The number of hydrogen-bond acceptors (Lipinski definition) is 3. The molecular formula is C24H32IN3O2. The summed E-state index contributed by atoms with van der Waals surface area (Å²) >= 11 is 0. The number of nitrogens with zero attached hydrogens (tertiary/aromatic N) is 2. The Morgan fingerprint density at radius 3 is 2.60 bits per heavy atom. The fraction of sp³-hybridized carbons (Fsp3) is 0.458. The maximum atomic E-state index is 5.88. The first-order chi connectivity index (χ1) is 14.3. The van der Waals surface area contributed by atoms with Gasteiger partial charge in [0.05, 0.1) is 19.8 Å². The van der Waals surface area contributed by atoms with E-state index in [0.717, 1.165) is 38.8 Å². The molecule has 2 aliphatic heterocycles. The maximum absolute atomic E-state index is 5.88. The number of ether oxygens (including phenoxy) is 2. The lowest BCUT2D eigenvalue weighted by Gasteiger charge is -2.25. The molecule has 0 bridgehead atoms. The van der Waals surface area contributed by atoms with Crippen LogP contribution >= 0.6 is 24.0 Å². The summed E-state index contributed by atoms with van der Waals surface area (Å²) in [6, 6.07) is 18.9. The van der Waals surface area contributed by atoms with Gasteiger partial charge in [0, 0.05) is 38.7 Å². The monoisotopic (exact) mass is 521 g/mol. The van der Waals surface area contributed by atoms with Gasteiger partial charge in [-0.25, -0.2) is 0 Å². The number of likely N-dealkylation sites (tertiary alicyclic amines) is 1. The van der Waals surface area contributed by atoms with Crippen LogP contribution < -0.4 is 5.32 Å². The zero-order valence-corrected chi connectivity index (χ0v) is 20.0. The second-order valence-electron chi connectivity index (χ2n) is 8.17. The van der Waals surface area contributed by atoms with Crippen molar-refractivity contribution in [2.24, 2.45) is 10.4 Å². The Kier molecular flexibility index (Phi) is 8.53. The van der Waals surface area contributed by atoms with Crippen LogP contribution in [-0.4, -0.2) is 44.2 Å². The zero-order valence-electron chi connectivity index (χ0n) is 17.7. The van der Waals surface area contributed by atoms with E-state index in [1.54, 1.807) is 0 Å². The zero-order chi connectivity index (χ0) is 19.9. The number of hydrogen-bond donors (Lipinski definition) is 1. The minimum Gasteiger partial charge on any atom is -0.381 e. The second kappa shape index (κ2) is 11.1. The van der Waals surface area contributed by atoms with E-state index in [2.05, 4.69) is 51.6 Å². The summed E-state index contributed by atoms with van der Waals surface area (Å²) in [6.07, 6.45) is 2.37. The summed E-state index contributed by atoms with van der Waals surface area (Å²) in [4.78, 5) is 6.89. The van der Waals surface area contributed by atoms with Crippen LogP contribution in [-0.2, 0) is 29.2 Å². The Hall–Kier alpha value is -1.64. The van der Waals surface area contributed by atoms with E-state index in [1.165, 1.54) is 29.5 Å². The molecule has 2 aromatic rings. The summed E-state index contributed by atoms with van der Waals surface area (Å²) in [5.74, 6) is 0.986. The molecule has 0 radical (unpaired) electrons. The minimum atomic E-state index is 0. The number of aliphatic imine (C=N–C) groups is 1. The van der Waals surface area contributed by atoms with E-state index >= 15 is 0 Å². The molecule has 0 aliphatic carbocycles. The first-order valence-corrected chi connectivity index (χ1v) is 10.5. The SMILES string of the molecule is CN=C(NCc1cccc(COCc2ccccc2)c1)N1CCC2(CCOC2)C1.I. The molecule has 6 heteroatoms. The van der Waals surface area contributed by atoms with Gasteiger partial charge >= 0.3 is 0 Å². The third kappa shape index (κ3) is 5.95. The molecule has 2 aliphatic rings. The van der Waals surface area contributed by atoms with Crippen LogP contribution in [0.5, 0.6) is 0 Å². The summed E-state index contributed by atoms with van der Waals surface area (Å²) in [6.45, 7) is 5.91. The van der Waals surface area contributed by atoms with Gasteiger partial charge in [0.1, 0.15) is 0 Å². The van der Waals surface area contributed by atoms with E-state index in [0.29, 0.717) is 18.6 Å². The van der Waals surface area contributed by atoms with E-state index in [-0.39, 0.29) is 24.0 Å². The van der Waals surface area contributed by atoms with E-state index in [1.807, 2.05) is 25.2 Å². The van der Waals surface area contributed by atoms with E-state index < -0.39 is 0 Å². The molecule has 4 rings (SSSR count). The topological polar surface area (TPSA) is 46.1 Å². The minimum absolute atomic E-state index is 0. The molecule has 2 saturated heterocycles. The van der Waals surface area contributed by atoms with Crippen molar-refractivity contribution in [3.05, 3.63) is 71.3 Å². The van der Waals surface area contributed by atoms with Crippen molar-refractivity contribution in [1.82, 2.24) is 10.2 Å². The average Bonchev–Trinajstić information content (AvgIpc) is 3.40. The normalized spacial score (nSPS) is 21.1. The van der Waals surface area contributed by atoms with Gasteiger partial charge in [0.15, 0.2) is 5.96 Å². The van der Waals surface area contributed by atoms with Gasteiger partial charge < -0.3 is 19.7 Å². The van der Waals surface area contributed by atoms with Gasteiger partial charge in [-0.05, 0) is 29.5 Å². The third-order valence-corrected chi connectivity index (χ3v) is 5.96. The number of nitrogens with one attached hydrogen (secondary N) is 1. The maximum Gasteiger partial charge on any atom is 0.193 e. The summed E-state index contributed by atoms with van der Waals surface area (Å²) in [5.41, 5.74) is 3.97. The molecule has 0 aromatic heterocycles. The van der Waals surface area contributed by atoms with Gasteiger partial charge in [0.25, 0.3) is 0 Å². The third-order valence-electron chi connectivity index (χ3n) is 5.96. The van der Waals surface area contributed by atoms with Crippen molar-refractivity contribution in [2.45, 2.75) is 32.6 Å². The fourth-order valence-electron chi connectivity index (χ4n) is 4.29. The van der Waals surface area contributed by atoms with Gasteiger partial charge in [-0.3, -0.25) is 4.99 Å². The highest BCUT2D eigenvalue weighted by atomic mass is 127. The largest absolute Gasteiger partial charge is 0.381 e. The first kappa shape index (κ1) is 23.0. The van der Waals surface area contributed by atoms with Gasteiger partial charge in [-0.1, -0.05) is 54.6 Å². The standard InChI is InChI=1S/C24H31N3O2.HI/c1-25-23(27-12-10-24(18-27)11-13-28-19-24)26-15-21-8-5-9-22(14-21)17-29-16-20-6-3-2-4-7-20;/h2-9,14H,10-13,15-19H2,1H3,(H,25,26);1H. The van der Waals surface area contributed by atoms with Crippen molar-refractivity contribution < 1.29 is 9.47 Å². The van der Waals surface area contributed by atoms with Gasteiger partial charge in [-0.2, -0.15) is 0 Å². The van der Waals surface area contributed by atoms with Crippen LogP contribution in [0.15, 0.2) is 59.6 Å². The molecule has 2 aromatic carbocycles. The Balaban J connectivity index is 0.00000256. The molecule has 1 unspecified atom stereocenters. The Morgan fingerprint density at radius 1 is 1.07 bits per heavy atom. The lowest BCUT2D eigenvalue weighted by Crippen LogP contribution is -2.41. The van der Waals surface area contributed by atoms with Crippen LogP contribution in [0.25, 0.3) is 0 Å². The van der Waals surface area contributed by atoms with Crippen molar-refractivity contribution in [2.75, 3.05) is 33.4 Å². The second-order valence-corrected chi connectivity index (χ2v) is 8.17. The fourth-order valence-corrected chi connectivity index (χ4v) is 4.29. The van der Waals surface area contributed by atoms with Crippen molar-refractivity contribution >= 4 is 29.9 Å². The molecule has 30 heavy (non-hydrogen) atoms. The van der Waals surface area contributed by atoms with Crippen LogP contribution in [0.3, 0.4) is 0 Å². The van der Waals surface area contributed by atoms with Crippen LogP contribution in [0, 0.1) is 5.41 Å².